The van der Waals surface area contributed by atoms with Gasteiger partial charge in [0.15, 0.2) is 0 Å². The Morgan fingerprint density at radius 2 is 1.50 bits per heavy atom. The minimum absolute atomic E-state index is 0.685. The molecule has 0 bridgehead atoms. The van der Waals surface area contributed by atoms with E-state index in [0.717, 1.165) is 6.42 Å². The fourth-order valence-electron chi connectivity index (χ4n) is 3.45. The Morgan fingerprint density at radius 1 is 0.833 bits per heavy atom. The molecular weight excluding hydrogens is 288 g/mol. The number of hydrogen-bond donors (Lipinski definition) is 0. The van der Waals surface area contributed by atoms with E-state index in [-0.39, 0.29) is 0 Å². The third-order valence-corrected chi connectivity index (χ3v) is 5.28. The Bertz CT molecular complexity index is 816. The number of fused-ring (bicyclic) bond motifs is 1. The molecule has 0 radical (unpaired) electrons. The fraction of sp³-hybridized carbons (Fsp3) is 0.250. The number of benzene rings is 2. The predicted octanol–water partition coefficient (Wildman–Crippen LogP) is 6.59. The van der Waals surface area contributed by atoms with Gasteiger partial charge in [-0.25, -0.2) is 0 Å². The summed E-state index contributed by atoms with van der Waals surface area (Å²) in [6.45, 7) is 8.84. The van der Waals surface area contributed by atoms with Crippen molar-refractivity contribution >= 4 is 5.57 Å². The molecule has 1 unspecified atom stereocenters. The van der Waals surface area contributed by atoms with Crippen molar-refractivity contribution in [3.05, 3.63) is 100 Å². The average molecular weight is 314 g/mol. The van der Waals surface area contributed by atoms with Gasteiger partial charge in [-0.3, -0.25) is 0 Å². The summed E-state index contributed by atoms with van der Waals surface area (Å²) < 4.78 is 0. The summed E-state index contributed by atoms with van der Waals surface area (Å²) >= 11 is 0. The van der Waals surface area contributed by atoms with Gasteiger partial charge >= 0.3 is 0 Å². The molecule has 2 aromatic carbocycles. The first-order chi connectivity index (χ1) is 11.6. The number of allylic oxidation sites excluding steroid dienone is 5. The quantitative estimate of drug-likeness (QED) is 0.556. The molecule has 0 N–H and O–H groups in total. The molecule has 2 aromatic rings. The molecule has 0 saturated carbocycles. The SMILES string of the molecule is C1=C(c2ccccc2)c2ccccc2C1.CC1=CC(C)C(C)=C1C. The molecule has 0 aliphatic heterocycles. The van der Waals surface area contributed by atoms with Crippen LogP contribution in [0, 0.1) is 5.92 Å². The van der Waals surface area contributed by atoms with E-state index >= 15 is 0 Å². The summed E-state index contributed by atoms with van der Waals surface area (Å²) in [4.78, 5) is 0. The highest BCUT2D eigenvalue weighted by molar-refractivity contribution is 5.84. The van der Waals surface area contributed by atoms with E-state index < -0.39 is 0 Å². The van der Waals surface area contributed by atoms with E-state index in [1.54, 1.807) is 0 Å². The molecular formula is C24H26. The van der Waals surface area contributed by atoms with Gasteiger partial charge in [0.05, 0.1) is 0 Å². The smallest absolute Gasteiger partial charge is 0.00428 e. The van der Waals surface area contributed by atoms with Crippen LogP contribution in [0.1, 0.15) is 44.4 Å². The fourth-order valence-corrected chi connectivity index (χ4v) is 3.45. The topological polar surface area (TPSA) is 0 Å². The van der Waals surface area contributed by atoms with E-state index in [1.165, 1.54) is 39.0 Å². The normalized spacial score (nSPS) is 18.6. The Morgan fingerprint density at radius 3 is 2.08 bits per heavy atom. The van der Waals surface area contributed by atoms with Gasteiger partial charge in [0, 0.05) is 0 Å². The number of rotatable bonds is 1. The minimum Gasteiger partial charge on any atom is -0.0744 e. The Balaban J connectivity index is 0.000000162. The Labute approximate surface area is 146 Å². The van der Waals surface area contributed by atoms with Crippen LogP contribution in [-0.4, -0.2) is 0 Å². The molecule has 0 nitrogen and oxygen atoms in total. The van der Waals surface area contributed by atoms with Crippen LogP contribution in [0.3, 0.4) is 0 Å². The van der Waals surface area contributed by atoms with Crippen molar-refractivity contribution in [1.82, 2.24) is 0 Å². The molecule has 0 amide bonds. The lowest BCUT2D eigenvalue weighted by molar-refractivity contribution is 0.875. The van der Waals surface area contributed by atoms with Crippen LogP contribution >= 0.6 is 0 Å². The first-order valence-corrected chi connectivity index (χ1v) is 8.78. The first-order valence-electron chi connectivity index (χ1n) is 8.78. The van der Waals surface area contributed by atoms with Gasteiger partial charge in [0.25, 0.3) is 0 Å². The van der Waals surface area contributed by atoms with Gasteiger partial charge in [-0.2, -0.15) is 0 Å². The van der Waals surface area contributed by atoms with Crippen LogP contribution in [0.15, 0.2) is 83.5 Å². The van der Waals surface area contributed by atoms with E-state index in [9.17, 15) is 0 Å². The van der Waals surface area contributed by atoms with Crippen LogP contribution in [-0.2, 0) is 6.42 Å². The van der Waals surface area contributed by atoms with Crippen molar-refractivity contribution in [3.63, 3.8) is 0 Å². The van der Waals surface area contributed by atoms with Gasteiger partial charge in [-0.05, 0) is 60.9 Å². The van der Waals surface area contributed by atoms with E-state index in [0.29, 0.717) is 5.92 Å². The van der Waals surface area contributed by atoms with Crippen molar-refractivity contribution in [1.29, 1.82) is 0 Å². The molecule has 2 aliphatic carbocycles. The van der Waals surface area contributed by atoms with Crippen LogP contribution in [0.25, 0.3) is 5.57 Å². The van der Waals surface area contributed by atoms with Crippen LogP contribution < -0.4 is 0 Å². The van der Waals surface area contributed by atoms with Crippen molar-refractivity contribution in [2.75, 3.05) is 0 Å². The van der Waals surface area contributed by atoms with Gasteiger partial charge in [0.1, 0.15) is 0 Å². The van der Waals surface area contributed by atoms with Gasteiger partial charge < -0.3 is 0 Å². The lowest BCUT2D eigenvalue weighted by atomic mass is 9.99. The highest BCUT2D eigenvalue weighted by atomic mass is 14.2. The zero-order chi connectivity index (χ0) is 17.1. The van der Waals surface area contributed by atoms with E-state index in [1.807, 2.05) is 0 Å². The summed E-state index contributed by atoms with van der Waals surface area (Å²) in [5.74, 6) is 0.685. The third-order valence-electron chi connectivity index (χ3n) is 5.28. The standard InChI is InChI=1S/C15H12.C9H14/c1-2-6-12(7-3-1)15-11-10-13-8-4-5-9-14(13)15;1-6-5-7(2)9(4)8(6)3/h1-9,11H,10H2;5-6H,1-4H3. The maximum atomic E-state index is 2.32. The lowest BCUT2D eigenvalue weighted by Gasteiger charge is -2.05. The Hall–Kier alpha value is -2.34. The second-order valence-corrected chi connectivity index (χ2v) is 6.79. The Kier molecular flexibility index (Phi) is 4.85. The predicted molar refractivity (Wildman–Crippen MR) is 105 cm³/mol. The first kappa shape index (κ1) is 16.5. The molecule has 24 heavy (non-hydrogen) atoms. The van der Waals surface area contributed by atoms with E-state index in [4.69, 9.17) is 0 Å². The molecule has 0 heteroatoms. The second kappa shape index (κ2) is 7.05. The molecule has 0 heterocycles. The zero-order valence-corrected chi connectivity index (χ0v) is 15.1. The van der Waals surface area contributed by atoms with Gasteiger partial charge in [-0.15, -0.1) is 0 Å². The van der Waals surface area contributed by atoms with Crippen molar-refractivity contribution in [3.8, 4) is 0 Å². The second-order valence-electron chi connectivity index (χ2n) is 6.79. The monoisotopic (exact) mass is 314 g/mol. The molecule has 0 saturated heterocycles. The lowest BCUT2D eigenvalue weighted by Crippen LogP contribution is -1.85. The summed E-state index contributed by atoms with van der Waals surface area (Å²) in [5, 5.41) is 0. The third kappa shape index (κ3) is 3.28. The zero-order valence-electron chi connectivity index (χ0n) is 15.1. The maximum absolute atomic E-state index is 2.32. The maximum Gasteiger partial charge on any atom is -0.00428 e. The molecule has 4 rings (SSSR count). The molecule has 2 aliphatic rings. The molecule has 1 atom stereocenters. The van der Waals surface area contributed by atoms with Crippen molar-refractivity contribution in [2.45, 2.75) is 34.1 Å². The summed E-state index contributed by atoms with van der Waals surface area (Å²) in [6, 6.07) is 19.2. The summed E-state index contributed by atoms with van der Waals surface area (Å²) in [7, 11) is 0. The van der Waals surface area contributed by atoms with Gasteiger partial charge in [0.2, 0.25) is 0 Å². The highest BCUT2D eigenvalue weighted by Gasteiger charge is 2.14. The highest BCUT2D eigenvalue weighted by Crippen LogP contribution is 2.32. The van der Waals surface area contributed by atoms with Crippen LogP contribution in [0.4, 0.5) is 0 Å². The van der Waals surface area contributed by atoms with Crippen LogP contribution in [0.5, 0.6) is 0 Å². The molecule has 0 spiro atoms. The molecule has 0 fully saturated rings. The van der Waals surface area contributed by atoms with Crippen molar-refractivity contribution < 1.29 is 0 Å². The van der Waals surface area contributed by atoms with Crippen molar-refractivity contribution in [2.24, 2.45) is 5.92 Å². The molecule has 122 valence electrons. The summed E-state index contributed by atoms with van der Waals surface area (Å²) in [6.07, 6.45) is 5.71. The van der Waals surface area contributed by atoms with Crippen LogP contribution in [0.2, 0.25) is 0 Å². The van der Waals surface area contributed by atoms with E-state index in [2.05, 4.69) is 94.4 Å². The molecule has 0 aromatic heterocycles. The average Bonchev–Trinajstić information content (AvgIpc) is 3.14. The minimum atomic E-state index is 0.685. The summed E-state index contributed by atoms with van der Waals surface area (Å²) in [5.41, 5.74) is 10.0. The number of hydrogen-bond acceptors (Lipinski definition) is 0. The van der Waals surface area contributed by atoms with Gasteiger partial charge in [-0.1, -0.05) is 84.8 Å². The largest absolute Gasteiger partial charge is 0.0744 e.